The number of rotatable bonds is 3. The van der Waals surface area contributed by atoms with Crippen molar-refractivity contribution < 1.29 is 19.8 Å². The monoisotopic (exact) mass is 206 g/mol. The molecular weight excluding hydrogens is 196 g/mol. The maximum atomic E-state index is 10.9. The molecule has 0 saturated carbocycles. The minimum absolute atomic E-state index is 0.0319. The normalized spacial score (nSPS) is 9.67. The third-order valence-corrected chi connectivity index (χ3v) is 2.07. The van der Waals surface area contributed by atoms with Gasteiger partial charge in [-0.05, 0) is 30.2 Å². The van der Waals surface area contributed by atoms with Crippen molar-refractivity contribution in [1.82, 2.24) is 0 Å². The lowest BCUT2D eigenvalue weighted by molar-refractivity contribution is 0.0695. The SMILES string of the molecule is C=Cc1c(C)cc(C(=O)O)cc1C(=O)O. The Morgan fingerprint density at radius 2 is 1.87 bits per heavy atom. The average molecular weight is 206 g/mol. The zero-order valence-electron chi connectivity index (χ0n) is 8.15. The van der Waals surface area contributed by atoms with Gasteiger partial charge < -0.3 is 10.2 Å². The van der Waals surface area contributed by atoms with Crippen LogP contribution in [0.3, 0.4) is 0 Å². The molecule has 15 heavy (non-hydrogen) atoms. The average Bonchev–Trinajstić information content (AvgIpc) is 2.16. The summed E-state index contributed by atoms with van der Waals surface area (Å²) in [7, 11) is 0. The van der Waals surface area contributed by atoms with Crippen molar-refractivity contribution in [2.24, 2.45) is 0 Å². The first-order valence-corrected chi connectivity index (χ1v) is 4.21. The van der Waals surface area contributed by atoms with Gasteiger partial charge in [0.2, 0.25) is 0 Å². The maximum absolute atomic E-state index is 10.9. The van der Waals surface area contributed by atoms with Gasteiger partial charge in [-0.15, -0.1) is 0 Å². The molecule has 0 aliphatic heterocycles. The summed E-state index contributed by atoms with van der Waals surface area (Å²) in [5.74, 6) is -2.30. The number of benzene rings is 1. The van der Waals surface area contributed by atoms with Crippen LogP contribution in [0.4, 0.5) is 0 Å². The Balaban J connectivity index is 3.52. The molecule has 1 aromatic carbocycles. The van der Waals surface area contributed by atoms with Crippen LogP contribution in [0, 0.1) is 6.92 Å². The quantitative estimate of drug-likeness (QED) is 0.793. The van der Waals surface area contributed by atoms with Crippen LogP contribution >= 0.6 is 0 Å². The first-order valence-electron chi connectivity index (χ1n) is 4.21. The Morgan fingerprint density at radius 3 is 2.27 bits per heavy atom. The van der Waals surface area contributed by atoms with Crippen molar-refractivity contribution in [3.05, 3.63) is 41.0 Å². The highest BCUT2D eigenvalue weighted by atomic mass is 16.4. The fraction of sp³-hybridized carbons (Fsp3) is 0.0909. The highest BCUT2D eigenvalue weighted by Crippen LogP contribution is 2.18. The van der Waals surface area contributed by atoms with Crippen molar-refractivity contribution in [3.63, 3.8) is 0 Å². The minimum Gasteiger partial charge on any atom is -0.478 e. The molecule has 0 radical (unpaired) electrons. The molecule has 0 aromatic heterocycles. The van der Waals surface area contributed by atoms with Gasteiger partial charge in [-0.25, -0.2) is 9.59 Å². The second-order valence-corrected chi connectivity index (χ2v) is 3.07. The van der Waals surface area contributed by atoms with Gasteiger partial charge in [0.15, 0.2) is 0 Å². The molecule has 4 heteroatoms. The van der Waals surface area contributed by atoms with Gasteiger partial charge in [-0.2, -0.15) is 0 Å². The van der Waals surface area contributed by atoms with Gasteiger partial charge in [-0.1, -0.05) is 12.7 Å². The molecule has 2 N–H and O–H groups in total. The first-order chi connectivity index (χ1) is 6.97. The molecule has 4 nitrogen and oxygen atoms in total. The number of hydrogen-bond acceptors (Lipinski definition) is 2. The molecule has 0 unspecified atom stereocenters. The number of carboxylic acids is 2. The molecule has 1 aromatic rings. The van der Waals surface area contributed by atoms with E-state index < -0.39 is 11.9 Å². The number of carbonyl (C=O) groups is 2. The van der Waals surface area contributed by atoms with Gasteiger partial charge >= 0.3 is 11.9 Å². The van der Waals surface area contributed by atoms with Crippen molar-refractivity contribution in [1.29, 1.82) is 0 Å². The Labute approximate surface area is 86.5 Å². The molecule has 78 valence electrons. The maximum Gasteiger partial charge on any atom is 0.336 e. The standard InChI is InChI=1S/C11H10O4/c1-3-8-6(2)4-7(10(12)13)5-9(8)11(14)15/h3-5H,1H2,2H3,(H,12,13)(H,14,15). The fourth-order valence-electron chi connectivity index (χ4n) is 1.37. The minimum atomic E-state index is -1.16. The van der Waals surface area contributed by atoms with Gasteiger partial charge in [-0.3, -0.25) is 0 Å². The molecule has 0 aliphatic carbocycles. The zero-order valence-corrected chi connectivity index (χ0v) is 8.15. The molecule has 0 fully saturated rings. The molecular formula is C11H10O4. The second kappa shape index (κ2) is 3.96. The molecule has 0 amide bonds. The van der Waals surface area contributed by atoms with E-state index in [4.69, 9.17) is 10.2 Å². The Kier molecular flexibility index (Phi) is 2.90. The summed E-state index contributed by atoms with van der Waals surface area (Å²) in [5.41, 5.74) is 0.965. The molecule has 0 spiro atoms. The van der Waals surface area contributed by atoms with E-state index >= 15 is 0 Å². The van der Waals surface area contributed by atoms with Crippen LogP contribution < -0.4 is 0 Å². The van der Waals surface area contributed by atoms with E-state index in [-0.39, 0.29) is 11.1 Å². The van der Waals surface area contributed by atoms with Crippen LogP contribution in [0.5, 0.6) is 0 Å². The lowest BCUT2D eigenvalue weighted by Gasteiger charge is -2.06. The Morgan fingerprint density at radius 1 is 1.27 bits per heavy atom. The van der Waals surface area contributed by atoms with Crippen molar-refractivity contribution >= 4 is 18.0 Å². The van der Waals surface area contributed by atoms with Gasteiger partial charge in [0, 0.05) is 0 Å². The molecule has 0 saturated heterocycles. The lowest BCUT2D eigenvalue weighted by Crippen LogP contribution is -2.06. The van der Waals surface area contributed by atoms with Crippen LogP contribution in [0.25, 0.3) is 6.08 Å². The molecule has 0 aliphatic rings. The van der Waals surface area contributed by atoms with E-state index in [1.165, 1.54) is 12.1 Å². The van der Waals surface area contributed by atoms with Gasteiger partial charge in [0.05, 0.1) is 11.1 Å². The van der Waals surface area contributed by atoms with Gasteiger partial charge in [0.1, 0.15) is 0 Å². The highest BCUT2D eigenvalue weighted by molar-refractivity contribution is 5.97. The first kappa shape index (κ1) is 11.0. The number of aryl methyl sites for hydroxylation is 1. The van der Waals surface area contributed by atoms with Crippen molar-refractivity contribution in [3.8, 4) is 0 Å². The zero-order chi connectivity index (χ0) is 11.6. The molecule has 0 bridgehead atoms. The number of carboxylic acid groups (broad SMARTS) is 2. The number of aromatic carboxylic acids is 2. The topological polar surface area (TPSA) is 74.6 Å². The van der Waals surface area contributed by atoms with E-state index in [1.807, 2.05) is 0 Å². The lowest BCUT2D eigenvalue weighted by atomic mass is 9.98. The number of hydrogen-bond donors (Lipinski definition) is 2. The third-order valence-electron chi connectivity index (χ3n) is 2.07. The molecule has 1 rings (SSSR count). The summed E-state index contributed by atoms with van der Waals surface area (Å²) in [6.07, 6.45) is 1.41. The van der Waals surface area contributed by atoms with E-state index in [2.05, 4.69) is 6.58 Å². The van der Waals surface area contributed by atoms with E-state index in [9.17, 15) is 9.59 Å². The van der Waals surface area contributed by atoms with Crippen LogP contribution in [-0.4, -0.2) is 22.2 Å². The predicted molar refractivity (Wildman–Crippen MR) is 55.2 cm³/mol. The highest BCUT2D eigenvalue weighted by Gasteiger charge is 2.14. The predicted octanol–water partition coefficient (Wildman–Crippen LogP) is 2.03. The summed E-state index contributed by atoms with van der Waals surface area (Å²) in [6, 6.07) is 2.56. The third kappa shape index (κ3) is 2.04. The van der Waals surface area contributed by atoms with Crippen molar-refractivity contribution in [2.75, 3.05) is 0 Å². The van der Waals surface area contributed by atoms with Crippen LogP contribution in [-0.2, 0) is 0 Å². The van der Waals surface area contributed by atoms with Crippen LogP contribution in [0.1, 0.15) is 31.8 Å². The van der Waals surface area contributed by atoms with E-state index in [0.29, 0.717) is 11.1 Å². The molecule has 0 heterocycles. The van der Waals surface area contributed by atoms with Crippen LogP contribution in [0.2, 0.25) is 0 Å². The molecule has 0 atom stereocenters. The van der Waals surface area contributed by atoms with Crippen molar-refractivity contribution in [2.45, 2.75) is 6.92 Å². The Hall–Kier alpha value is -2.10. The smallest absolute Gasteiger partial charge is 0.336 e. The van der Waals surface area contributed by atoms with Gasteiger partial charge in [0.25, 0.3) is 0 Å². The summed E-state index contributed by atoms with van der Waals surface area (Å²) >= 11 is 0. The summed E-state index contributed by atoms with van der Waals surface area (Å²) in [4.78, 5) is 21.6. The van der Waals surface area contributed by atoms with Crippen LogP contribution in [0.15, 0.2) is 18.7 Å². The summed E-state index contributed by atoms with van der Waals surface area (Å²) < 4.78 is 0. The fourth-order valence-corrected chi connectivity index (χ4v) is 1.37. The largest absolute Gasteiger partial charge is 0.478 e. The second-order valence-electron chi connectivity index (χ2n) is 3.07. The van der Waals surface area contributed by atoms with E-state index in [1.54, 1.807) is 6.92 Å². The Bertz CT molecular complexity index is 446. The summed E-state index contributed by atoms with van der Waals surface area (Å²) in [5, 5.41) is 17.6. The van der Waals surface area contributed by atoms with E-state index in [0.717, 1.165) is 6.07 Å². The summed E-state index contributed by atoms with van der Waals surface area (Å²) in [6.45, 7) is 5.15.